The van der Waals surface area contributed by atoms with E-state index in [0.717, 1.165) is 0 Å². The first-order chi connectivity index (χ1) is 25.1. The van der Waals surface area contributed by atoms with Crippen LogP contribution < -0.4 is 0 Å². The van der Waals surface area contributed by atoms with Crippen molar-refractivity contribution >= 4 is 32.3 Å². The minimum Gasteiger partial charge on any atom is -0.0622 e. The van der Waals surface area contributed by atoms with E-state index in [1.807, 2.05) is 0 Å². The van der Waals surface area contributed by atoms with Crippen molar-refractivity contribution in [2.45, 2.75) is 19.3 Å². The van der Waals surface area contributed by atoms with Crippen LogP contribution in [-0.4, -0.2) is 0 Å². The molecule has 0 nitrogen and oxygen atoms in total. The van der Waals surface area contributed by atoms with Crippen LogP contribution in [0.5, 0.6) is 0 Å². The van der Waals surface area contributed by atoms with Gasteiger partial charge in [0.2, 0.25) is 0 Å². The fourth-order valence-corrected chi connectivity index (χ4v) is 8.84. The molecule has 0 saturated heterocycles. The summed E-state index contributed by atoms with van der Waals surface area (Å²) in [5, 5.41) is 7.75. The number of benzene rings is 9. The van der Waals surface area contributed by atoms with E-state index in [-0.39, 0.29) is 5.41 Å². The van der Waals surface area contributed by atoms with Gasteiger partial charge in [-0.2, -0.15) is 0 Å². The van der Waals surface area contributed by atoms with Gasteiger partial charge in [0.15, 0.2) is 0 Å². The average molecular weight is 649 g/mol. The highest BCUT2D eigenvalue weighted by atomic mass is 14.4. The van der Waals surface area contributed by atoms with Gasteiger partial charge in [-0.15, -0.1) is 0 Å². The fraction of sp³-hybridized carbons (Fsp3) is 0.0588. The molecule has 0 saturated carbocycles. The Morgan fingerprint density at radius 3 is 1.47 bits per heavy atom. The Bertz CT molecular complexity index is 2740. The first kappa shape index (κ1) is 29.7. The molecule has 0 heterocycles. The van der Waals surface area contributed by atoms with E-state index in [0.29, 0.717) is 0 Å². The molecule has 0 amide bonds. The molecule has 0 unspecified atom stereocenters. The van der Waals surface area contributed by atoms with E-state index >= 15 is 0 Å². The number of fused-ring (bicyclic) bond motifs is 7. The molecule has 0 N–H and O–H groups in total. The maximum absolute atomic E-state index is 2.43. The van der Waals surface area contributed by atoms with Crippen LogP contribution in [0.2, 0.25) is 0 Å². The SMILES string of the molecule is CC1(C)c2cc(-c3ccc(-c4c5ccccc5c(-c5cccc(-c6ccccc6)c5)c5ccccc45)cc3)ccc2-c2ccc3ccccc3c21. The minimum absolute atomic E-state index is 0.0817. The summed E-state index contributed by atoms with van der Waals surface area (Å²) in [6.07, 6.45) is 0. The molecule has 0 bridgehead atoms. The quantitative estimate of drug-likeness (QED) is 0.167. The summed E-state index contributed by atoms with van der Waals surface area (Å²) in [4.78, 5) is 0. The van der Waals surface area contributed by atoms with Gasteiger partial charge in [-0.1, -0.05) is 184 Å². The zero-order valence-electron chi connectivity index (χ0n) is 28.8. The molecule has 1 aliphatic rings. The predicted octanol–water partition coefficient (Wildman–Crippen LogP) is 14.1. The predicted molar refractivity (Wildman–Crippen MR) is 218 cm³/mol. The van der Waals surface area contributed by atoms with E-state index in [2.05, 4.69) is 196 Å². The van der Waals surface area contributed by atoms with Crippen LogP contribution >= 0.6 is 0 Å². The first-order valence-corrected chi connectivity index (χ1v) is 17.9. The van der Waals surface area contributed by atoms with E-state index in [4.69, 9.17) is 0 Å². The van der Waals surface area contributed by atoms with E-state index in [1.165, 1.54) is 99.1 Å². The smallest absolute Gasteiger partial charge is 0.0165 e. The topological polar surface area (TPSA) is 0 Å². The zero-order chi connectivity index (χ0) is 34.1. The van der Waals surface area contributed by atoms with Gasteiger partial charge >= 0.3 is 0 Å². The Hall–Kier alpha value is -6.24. The third kappa shape index (κ3) is 4.60. The van der Waals surface area contributed by atoms with Crippen LogP contribution in [0.15, 0.2) is 182 Å². The molecule has 9 aromatic carbocycles. The summed E-state index contributed by atoms with van der Waals surface area (Å²) in [5.74, 6) is 0. The zero-order valence-corrected chi connectivity index (χ0v) is 28.8. The minimum atomic E-state index is -0.0817. The normalized spacial score (nSPS) is 13.1. The van der Waals surface area contributed by atoms with E-state index in [9.17, 15) is 0 Å². The molecular weight excluding hydrogens is 613 g/mol. The molecule has 0 fully saturated rings. The number of hydrogen-bond acceptors (Lipinski definition) is 0. The third-order valence-electron chi connectivity index (χ3n) is 11.2. The standard InChI is InChI=1S/C51H36/c1-51(2)47-32-38(28-29-41(47)46-30-27-35-15-6-7-18-40(35)50(46)51)34-23-25-36(26-24-34)48-42-19-8-10-21-44(42)49(45-22-11-9-20-43(45)48)39-17-12-16-37(31-39)33-13-4-3-5-14-33/h3-32H,1-2H3. The highest BCUT2D eigenvalue weighted by molar-refractivity contribution is 6.21. The highest BCUT2D eigenvalue weighted by Gasteiger charge is 2.37. The van der Waals surface area contributed by atoms with Gasteiger partial charge in [0.25, 0.3) is 0 Å². The molecule has 51 heavy (non-hydrogen) atoms. The second-order valence-corrected chi connectivity index (χ2v) is 14.5. The van der Waals surface area contributed by atoms with Crippen LogP contribution in [0, 0.1) is 0 Å². The van der Waals surface area contributed by atoms with Crippen LogP contribution in [0.25, 0.3) is 88.0 Å². The Morgan fingerprint density at radius 2 is 0.784 bits per heavy atom. The summed E-state index contributed by atoms with van der Waals surface area (Å²) in [5.41, 5.74) is 15.5. The molecule has 0 aliphatic heterocycles. The summed E-state index contributed by atoms with van der Waals surface area (Å²) >= 11 is 0. The summed E-state index contributed by atoms with van der Waals surface area (Å²) in [6.45, 7) is 4.77. The largest absolute Gasteiger partial charge is 0.0622 e. The van der Waals surface area contributed by atoms with Gasteiger partial charge < -0.3 is 0 Å². The van der Waals surface area contributed by atoms with Crippen molar-refractivity contribution in [3.05, 3.63) is 193 Å². The molecule has 0 atom stereocenters. The Morgan fingerprint density at radius 1 is 0.314 bits per heavy atom. The van der Waals surface area contributed by atoms with Crippen molar-refractivity contribution in [3.8, 4) is 55.6 Å². The van der Waals surface area contributed by atoms with E-state index < -0.39 is 0 Å². The van der Waals surface area contributed by atoms with Crippen LogP contribution in [0.3, 0.4) is 0 Å². The highest BCUT2D eigenvalue weighted by Crippen LogP contribution is 2.52. The van der Waals surface area contributed by atoms with Crippen molar-refractivity contribution in [1.82, 2.24) is 0 Å². The molecule has 0 aromatic heterocycles. The molecule has 10 rings (SSSR count). The lowest BCUT2D eigenvalue weighted by Crippen LogP contribution is -2.15. The van der Waals surface area contributed by atoms with Crippen molar-refractivity contribution in [3.63, 3.8) is 0 Å². The lowest BCUT2D eigenvalue weighted by atomic mass is 9.79. The van der Waals surface area contributed by atoms with Crippen molar-refractivity contribution < 1.29 is 0 Å². The van der Waals surface area contributed by atoms with Gasteiger partial charge in [0.05, 0.1) is 0 Å². The Balaban J connectivity index is 1.09. The molecule has 1 aliphatic carbocycles. The molecule has 9 aromatic rings. The first-order valence-electron chi connectivity index (χ1n) is 17.9. The fourth-order valence-electron chi connectivity index (χ4n) is 8.84. The van der Waals surface area contributed by atoms with Crippen LogP contribution in [0.4, 0.5) is 0 Å². The second-order valence-electron chi connectivity index (χ2n) is 14.5. The molecule has 0 heteroatoms. The van der Waals surface area contributed by atoms with Crippen molar-refractivity contribution in [1.29, 1.82) is 0 Å². The van der Waals surface area contributed by atoms with Gasteiger partial charge in [0.1, 0.15) is 0 Å². The van der Waals surface area contributed by atoms with Crippen molar-refractivity contribution in [2.75, 3.05) is 0 Å². The summed E-state index contributed by atoms with van der Waals surface area (Å²) in [6, 6.07) is 67.3. The average Bonchev–Trinajstić information content (AvgIpc) is 3.43. The Labute approximate surface area is 299 Å². The second kappa shape index (κ2) is 11.4. The molecule has 0 spiro atoms. The maximum atomic E-state index is 2.43. The number of rotatable bonds is 4. The molecule has 0 radical (unpaired) electrons. The lowest BCUT2D eigenvalue weighted by molar-refractivity contribution is 0.666. The van der Waals surface area contributed by atoms with Crippen molar-refractivity contribution in [2.24, 2.45) is 0 Å². The maximum Gasteiger partial charge on any atom is 0.0165 e. The van der Waals surface area contributed by atoms with Crippen LogP contribution in [0.1, 0.15) is 25.0 Å². The lowest BCUT2D eigenvalue weighted by Gasteiger charge is -2.23. The van der Waals surface area contributed by atoms with Gasteiger partial charge in [-0.3, -0.25) is 0 Å². The van der Waals surface area contributed by atoms with Gasteiger partial charge in [-0.25, -0.2) is 0 Å². The van der Waals surface area contributed by atoms with Gasteiger partial charge in [0, 0.05) is 5.41 Å². The molecule has 240 valence electrons. The van der Waals surface area contributed by atoms with Gasteiger partial charge in [-0.05, 0) is 111 Å². The van der Waals surface area contributed by atoms with Crippen LogP contribution in [-0.2, 0) is 5.41 Å². The third-order valence-corrected chi connectivity index (χ3v) is 11.2. The van der Waals surface area contributed by atoms with E-state index in [1.54, 1.807) is 0 Å². The number of hydrogen-bond donors (Lipinski definition) is 0. The molecular formula is C51H36. The summed E-state index contributed by atoms with van der Waals surface area (Å²) in [7, 11) is 0. The summed E-state index contributed by atoms with van der Waals surface area (Å²) < 4.78 is 0. The Kier molecular flexibility index (Phi) is 6.63. The monoisotopic (exact) mass is 648 g/mol.